The molecule has 1 fully saturated rings. The van der Waals surface area contributed by atoms with Crippen LogP contribution >= 0.6 is 11.3 Å². The SMILES string of the molecule is N=C(N)c1ccc(N2CCOCC2)s1. The molecule has 2 rings (SSSR count). The van der Waals surface area contributed by atoms with Gasteiger partial charge in [-0.3, -0.25) is 5.41 Å². The molecule has 3 N–H and O–H groups in total. The van der Waals surface area contributed by atoms with Crippen LogP contribution in [0.3, 0.4) is 0 Å². The highest BCUT2D eigenvalue weighted by Crippen LogP contribution is 2.26. The van der Waals surface area contributed by atoms with Gasteiger partial charge in [0.2, 0.25) is 0 Å². The molecule has 2 heterocycles. The molecule has 0 amide bonds. The van der Waals surface area contributed by atoms with Crippen molar-refractivity contribution in [2.75, 3.05) is 31.2 Å². The molecule has 1 aromatic heterocycles. The Morgan fingerprint density at radius 1 is 1.43 bits per heavy atom. The van der Waals surface area contributed by atoms with Gasteiger partial charge in [-0.15, -0.1) is 11.3 Å². The third kappa shape index (κ3) is 1.88. The summed E-state index contributed by atoms with van der Waals surface area (Å²) in [6.07, 6.45) is 0. The van der Waals surface area contributed by atoms with Crippen LogP contribution < -0.4 is 10.6 Å². The number of nitrogens with zero attached hydrogens (tertiary/aromatic N) is 1. The van der Waals surface area contributed by atoms with Crippen LogP contribution in [-0.4, -0.2) is 32.1 Å². The third-order valence-electron chi connectivity index (χ3n) is 2.18. The Morgan fingerprint density at radius 2 is 2.14 bits per heavy atom. The van der Waals surface area contributed by atoms with E-state index in [1.807, 2.05) is 12.1 Å². The molecular weight excluding hydrogens is 198 g/mol. The second-order valence-corrected chi connectivity index (χ2v) is 4.21. The normalized spacial score (nSPS) is 17.0. The summed E-state index contributed by atoms with van der Waals surface area (Å²) in [5.74, 6) is 0.148. The quantitative estimate of drug-likeness (QED) is 0.563. The molecule has 0 saturated carbocycles. The molecule has 0 radical (unpaired) electrons. The number of nitrogens with two attached hydrogens (primary N) is 1. The minimum Gasteiger partial charge on any atom is -0.383 e. The lowest BCUT2D eigenvalue weighted by Gasteiger charge is -2.27. The number of amidine groups is 1. The van der Waals surface area contributed by atoms with Crippen LogP contribution in [0.25, 0.3) is 0 Å². The van der Waals surface area contributed by atoms with Crippen molar-refractivity contribution in [2.24, 2.45) is 5.73 Å². The van der Waals surface area contributed by atoms with Crippen LogP contribution in [0.15, 0.2) is 12.1 Å². The van der Waals surface area contributed by atoms with E-state index >= 15 is 0 Å². The molecule has 0 bridgehead atoms. The van der Waals surface area contributed by atoms with Gasteiger partial charge < -0.3 is 15.4 Å². The number of nitrogen functional groups attached to an aromatic ring is 1. The largest absolute Gasteiger partial charge is 0.383 e. The number of anilines is 1. The summed E-state index contributed by atoms with van der Waals surface area (Å²) >= 11 is 1.57. The summed E-state index contributed by atoms with van der Waals surface area (Å²) in [5.41, 5.74) is 5.41. The average molecular weight is 211 g/mol. The van der Waals surface area contributed by atoms with Gasteiger partial charge >= 0.3 is 0 Å². The Balaban J connectivity index is 2.11. The summed E-state index contributed by atoms with van der Waals surface area (Å²) in [6.45, 7) is 3.43. The summed E-state index contributed by atoms with van der Waals surface area (Å²) in [7, 11) is 0. The lowest BCUT2D eigenvalue weighted by atomic mass is 10.4. The lowest BCUT2D eigenvalue weighted by Crippen LogP contribution is -2.35. The summed E-state index contributed by atoms with van der Waals surface area (Å²) in [6, 6.07) is 3.92. The molecule has 1 aliphatic rings. The van der Waals surface area contributed by atoms with Crippen molar-refractivity contribution < 1.29 is 4.74 Å². The number of nitrogens with one attached hydrogen (secondary N) is 1. The van der Waals surface area contributed by atoms with E-state index in [1.165, 1.54) is 5.00 Å². The van der Waals surface area contributed by atoms with E-state index in [2.05, 4.69) is 4.90 Å². The van der Waals surface area contributed by atoms with Gasteiger partial charge in [-0.05, 0) is 12.1 Å². The highest BCUT2D eigenvalue weighted by molar-refractivity contribution is 7.18. The highest BCUT2D eigenvalue weighted by atomic mass is 32.1. The minimum absolute atomic E-state index is 0.148. The maximum absolute atomic E-state index is 7.31. The van der Waals surface area contributed by atoms with Crippen LogP contribution in [-0.2, 0) is 4.74 Å². The Labute approximate surface area is 86.8 Å². The number of hydrogen-bond donors (Lipinski definition) is 2. The van der Waals surface area contributed by atoms with E-state index in [4.69, 9.17) is 15.9 Å². The monoisotopic (exact) mass is 211 g/mol. The van der Waals surface area contributed by atoms with Gasteiger partial charge in [0.25, 0.3) is 0 Å². The standard InChI is InChI=1S/C9H13N3OS/c10-9(11)7-1-2-8(14-7)12-3-5-13-6-4-12/h1-2H,3-6H2,(H3,10,11). The molecule has 5 heteroatoms. The molecule has 0 atom stereocenters. The highest BCUT2D eigenvalue weighted by Gasteiger charge is 2.13. The van der Waals surface area contributed by atoms with Gasteiger partial charge in [0.1, 0.15) is 5.84 Å². The molecule has 1 aromatic rings. The van der Waals surface area contributed by atoms with E-state index in [-0.39, 0.29) is 5.84 Å². The molecule has 0 unspecified atom stereocenters. The van der Waals surface area contributed by atoms with Gasteiger partial charge in [-0.25, -0.2) is 0 Å². The number of ether oxygens (including phenoxy) is 1. The lowest BCUT2D eigenvalue weighted by molar-refractivity contribution is 0.123. The Morgan fingerprint density at radius 3 is 2.71 bits per heavy atom. The second-order valence-electron chi connectivity index (χ2n) is 3.15. The van der Waals surface area contributed by atoms with Gasteiger partial charge in [-0.2, -0.15) is 0 Å². The van der Waals surface area contributed by atoms with E-state index < -0.39 is 0 Å². The second kappa shape index (κ2) is 3.98. The predicted octanol–water partition coefficient (Wildman–Crippen LogP) is 0.869. The zero-order valence-corrected chi connectivity index (χ0v) is 8.64. The van der Waals surface area contributed by atoms with Crippen LogP contribution in [0.1, 0.15) is 4.88 Å². The maximum atomic E-state index is 7.31. The first-order chi connectivity index (χ1) is 6.77. The fraction of sp³-hybridized carbons (Fsp3) is 0.444. The fourth-order valence-corrected chi connectivity index (χ4v) is 2.35. The molecule has 0 aliphatic carbocycles. The van der Waals surface area contributed by atoms with E-state index in [1.54, 1.807) is 11.3 Å². The zero-order valence-electron chi connectivity index (χ0n) is 7.82. The van der Waals surface area contributed by atoms with Crippen LogP contribution in [0.4, 0.5) is 5.00 Å². The molecule has 4 nitrogen and oxygen atoms in total. The first-order valence-corrected chi connectivity index (χ1v) is 5.36. The number of hydrogen-bond acceptors (Lipinski definition) is 4. The first kappa shape index (κ1) is 9.48. The van der Waals surface area contributed by atoms with Crippen molar-refractivity contribution in [3.8, 4) is 0 Å². The van der Waals surface area contributed by atoms with Crippen molar-refractivity contribution in [3.05, 3.63) is 17.0 Å². The topological polar surface area (TPSA) is 62.3 Å². The zero-order chi connectivity index (χ0) is 9.97. The Hall–Kier alpha value is -1.07. The van der Waals surface area contributed by atoms with Gasteiger partial charge in [0.05, 0.1) is 23.1 Å². The molecule has 1 saturated heterocycles. The van der Waals surface area contributed by atoms with Gasteiger partial charge in [0, 0.05) is 13.1 Å². The number of morpholine rings is 1. The summed E-state index contributed by atoms with van der Waals surface area (Å²) < 4.78 is 5.27. The number of rotatable bonds is 2. The van der Waals surface area contributed by atoms with Crippen LogP contribution in [0.2, 0.25) is 0 Å². The first-order valence-electron chi connectivity index (χ1n) is 4.54. The van der Waals surface area contributed by atoms with E-state index in [9.17, 15) is 0 Å². The van der Waals surface area contributed by atoms with Crippen molar-refractivity contribution in [2.45, 2.75) is 0 Å². The molecule has 76 valence electrons. The minimum atomic E-state index is 0.148. The van der Waals surface area contributed by atoms with Crippen LogP contribution in [0.5, 0.6) is 0 Å². The number of thiophene rings is 1. The smallest absolute Gasteiger partial charge is 0.133 e. The Kier molecular flexibility index (Phi) is 2.69. The Bertz CT molecular complexity index is 331. The van der Waals surface area contributed by atoms with E-state index in [0.29, 0.717) is 0 Å². The molecule has 0 spiro atoms. The van der Waals surface area contributed by atoms with E-state index in [0.717, 1.165) is 31.2 Å². The van der Waals surface area contributed by atoms with Crippen molar-refractivity contribution in [1.82, 2.24) is 0 Å². The van der Waals surface area contributed by atoms with Crippen molar-refractivity contribution in [3.63, 3.8) is 0 Å². The molecule has 1 aliphatic heterocycles. The average Bonchev–Trinajstić information content (AvgIpc) is 2.68. The van der Waals surface area contributed by atoms with Gasteiger partial charge in [0.15, 0.2) is 0 Å². The van der Waals surface area contributed by atoms with Crippen molar-refractivity contribution >= 4 is 22.2 Å². The summed E-state index contributed by atoms with van der Waals surface area (Å²) in [5, 5.41) is 8.49. The molecule has 0 aromatic carbocycles. The molecular formula is C9H13N3OS. The van der Waals surface area contributed by atoms with Crippen LogP contribution in [0, 0.1) is 5.41 Å². The third-order valence-corrected chi connectivity index (χ3v) is 3.36. The maximum Gasteiger partial charge on any atom is 0.133 e. The molecule has 14 heavy (non-hydrogen) atoms. The fourth-order valence-electron chi connectivity index (χ4n) is 1.43. The predicted molar refractivity (Wildman–Crippen MR) is 58.4 cm³/mol. The van der Waals surface area contributed by atoms with Gasteiger partial charge in [-0.1, -0.05) is 0 Å². The van der Waals surface area contributed by atoms with Crippen molar-refractivity contribution in [1.29, 1.82) is 5.41 Å². The summed E-state index contributed by atoms with van der Waals surface area (Å²) in [4.78, 5) is 3.10.